The molecule has 1 unspecified atom stereocenters. The number of pyridine rings is 2. The number of nitrogens with zero attached hydrogens (tertiary/aromatic N) is 6. The Morgan fingerprint density at radius 2 is 1.08 bits per heavy atom. The van der Waals surface area contributed by atoms with Gasteiger partial charge in [0.2, 0.25) is 17.7 Å². The lowest BCUT2D eigenvalue weighted by molar-refractivity contribution is -0.138. The lowest BCUT2D eigenvalue weighted by Gasteiger charge is -2.32. The van der Waals surface area contributed by atoms with Gasteiger partial charge in [-0.25, -0.2) is 0 Å². The maximum Gasteiger partial charge on any atom is 0.252 e. The van der Waals surface area contributed by atoms with Gasteiger partial charge >= 0.3 is 0 Å². The summed E-state index contributed by atoms with van der Waals surface area (Å²) in [6.07, 6.45) is 15.0. The van der Waals surface area contributed by atoms with Crippen LogP contribution in [0.5, 0.6) is 0 Å². The molecule has 2 saturated heterocycles. The van der Waals surface area contributed by atoms with Gasteiger partial charge in [-0.3, -0.25) is 38.8 Å². The van der Waals surface area contributed by atoms with Crippen molar-refractivity contribution in [2.75, 3.05) is 33.7 Å². The van der Waals surface area contributed by atoms with E-state index in [4.69, 9.17) is 4.98 Å². The summed E-state index contributed by atoms with van der Waals surface area (Å²) in [6, 6.07) is 26.1. The second kappa shape index (κ2) is 24.9. The third kappa shape index (κ3) is 12.4. The highest BCUT2D eigenvalue weighted by molar-refractivity contribution is 6.07. The maximum absolute atomic E-state index is 14.0. The number of carbonyl (C=O) groups is 5. The molecule has 3 aromatic carbocycles. The van der Waals surface area contributed by atoms with Crippen molar-refractivity contribution in [1.82, 2.24) is 60.8 Å². The fraction of sp³-hybridized carbons (Fsp3) is 0.403. The number of amides is 5. The Labute approximate surface area is 463 Å². The minimum Gasteiger partial charge on any atom is -0.350 e. The summed E-state index contributed by atoms with van der Waals surface area (Å²) in [5.74, 6) is -0.512. The molecule has 6 atom stereocenters. The number of hydrogen-bond donors (Lipinski definition) is 6. The Balaban J connectivity index is 0.805. The molecule has 17 nitrogen and oxygen atoms in total. The van der Waals surface area contributed by atoms with Crippen LogP contribution in [0.1, 0.15) is 122 Å². The molecule has 0 bridgehead atoms. The summed E-state index contributed by atoms with van der Waals surface area (Å²) < 4.78 is 4.10. The van der Waals surface area contributed by atoms with Gasteiger partial charge in [0.1, 0.15) is 6.04 Å². The summed E-state index contributed by atoms with van der Waals surface area (Å²) >= 11 is 0. The average molecular weight is 1070 g/mol. The molecule has 5 amide bonds. The Morgan fingerprint density at radius 1 is 0.582 bits per heavy atom. The van der Waals surface area contributed by atoms with Crippen LogP contribution in [0.25, 0.3) is 33.2 Å². The van der Waals surface area contributed by atoms with Crippen LogP contribution in [0.2, 0.25) is 0 Å². The summed E-state index contributed by atoms with van der Waals surface area (Å²) in [5.41, 5.74) is 8.48. The molecule has 17 heteroatoms. The normalized spacial score (nSPS) is 17.3. The Bertz CT molecular complexity index is 3310. The van der Waals surface area contributed by atoms with Crippen LogP contribution in [-0.2, 0) is 27.5 Å². The lowest BCUT2D eigenvalue weighted by atomic mass is 10.00. The van der Waals surface area contributed by atoms with E-state index in [2.05, 4.69) is 72.3 Å². The van der Waals surface area contributed by atoms with E-state index < -0.39 is 12.1 Å². The van der Waals surface area contributed by atoms with Crippen LogP contribution in [0.4, 0.5) is 0 Å². The average Bonchev–Trinajstić information content (AvgIpc) is 4.42. The number of nitrogens with one attached hydrogen (secondary N) is 6. The SMILES string of the molecule is CN[C@@H](C)C(=O)N[C@H](C(=O)N1CCCC1c1cncc(-n2ccc3c(C(=O)NCc4ccc(CNC(=O)c5cccc6c5ccn6-c5cncc([C@@H]6CCCN6C[C@@H](NC(=O)[C@H](C)NC)C(C)C)c5)cc4)cccc32)c1)C(C)C. The van der Waals surface area contributed by atoms with Crippen LogP contribution >= 0.6 is 0 Å². The van der Waals surface area contributed by atoms with E-state index in [0.717, 1.165) is 94.2 Å². The zero-order valence-electron chi connectivity index (χ0n) is 46.8. The highest BCUT2D eigenvalue weighted by atomic mass is 16.2. The standard InChI is InChI=1S/C62H76N12O5/c1-38(2)52(69-58(75)40(5)63-7)37-71-25-11-17-53(71)44-29-46(35-65-33-44)72-27-23-48-50(13-9-15-55(48)72)60(77)67-31-42-19-21-43(22-20-42)32-68-61(78)51-14-10-16-56-49(51)24-28-73(56)47-30-45(34-66-36-47)54-18-12-26-74(54)62(79)57(39(3)4)70-59(76)41(6)64-8/h9-10,13-16,19-24,27-30,33-36,38-41,52-54,57,63-64H,11-12,17-18,25-26,31-32,37H2,1-8H3,(H,67,77)(H,68,78)(H,69,75)(H,70,76)/t40-,41-,52+,53-,54?,57-/m0/s1. The quantitative estimate of drug-likeness (QED) is 0.0419. The number of fused-ring (bicyclic) bond motifs is 2. The molecular weight excluding hydrogens is 993 g/mol. The molecule has 6 N–H and O–H groups in total. The zero-order chi connectivity index (χ0) is 55.9. The minimum atomic E-state index is -0.651. The maximum atomic E-state index is 14.0. The first kappa shape index (κ1) is 56.0. The molecule has 0 aliphatic carbocycles. The van der Waals surface area contributed by atoms with Crippen molar-refractivity contribution < 1.29 is 24.0 Å². The van der Waals surface area contributed by atoms with Crippen LogP contribution in [0, 0.1) is 11.8 Å². The first-order valence-corrected chi connectivity index (χ1v) is 27.9. The zero-order valence-corrected chi connectivity index (χ0v) is 46.8. The van der Waals surface area contributed by atoms with Gasteiger partial charge in [-0.05, 0) is 143 Å². The summed E-state index contributed by atoms with van der Waals surface area (Å²) in [7, 11) is 3.52. The van der Waals surface area contributed by atoms with Crippen molar-refractivity contribution in [3.8, 4) is 11.4 Å². The second-order valence-corrected chi connectivity index (χ2v) is 21.9. The number of aromatic nitrogens is 4. The van der Waals surface area contributed by atoms with Crippen molar-refractivity contribution in [3.05, 3.63) is 155 Å². The van der Waals surface area contributed by atoms with Gasteiger partial charge < -0.3 is 45.9 Å². The van der Waals surface area contributed by atoms with E-state index in [-0.39, 0.29) is 65.5 Å². The Hall–Kier alpha value is -7.73. The number of likely N-dealkylation sites (tertiary alicyclic amines) is 2. The van der Waals surface area contributed by atoms with Gasteiger partial charge in [0.25, 0.3) is 11.8 Å². The van der Waals surface area contributed by atoms with Crippen molar-refractivity contribution in [2.24, 2.45) is 11.8 Å². The van der Waals surface area contributed by atoms with Gasteiger partial charge in [-0.1, -0.05) is 64.1 Å². The molecule has 79 heavy (non-hydrogen) atoms. The van der Waals surface area contributed by atoms with Crippen LogP contribution in [-0.4, -0.2) is 116 Å². The molecule has 9 rings (SSSR count). The van der Waals surface area contributed by atoms with E-state index >= 15 is 0 Å². The smallest absolute Gasteiger partial charge is 0.252 e. The fourth-order valence-corrected chi connectivity index (χ4v) is 11.0. The van der Waals surface area contributed by atoms with Crippen LogP contribution in [0.15, 0.2) is 122 Å². The highest BCUT2D eigenvalue weighted by Crippen LogP contribution is 2.36. The van der Waals surface area contributed by atoms with E-state index in [1.165, 1.54) is 0 Å². The van der Waals surface area contributed by atoms with Crippen molar-refractivity contribution >= 4 is 51.3 Å². The van der Waals surface area contributed by atoms with Crippen LogP contribution < -0.4 is 31.9 Å². The molecule has 4 aromatic heterocycles. The Kier molecular flexibility index (Phi) is 17.7. The molecule has 0 saturated carbocycles. The number of likely N-dealkylation sites (N-methyl/N-ethyl adjacent to an activating group) is 2. The molecule has 2 fully saturated rings. The number of carbonyl (C=O) groups excluding carboxylic acids is 5. The monoisotopic (exact) mass is 1070 g/mol. The van der Waals surface area contributed by atoms with Gasteiger partial charge in [-0.15, -0.1) is 0 Å². The first-order valence-electron chi connectivity index (χ1n) is 27.9. The highest BCUT2D eigenvalue weighted by Gasteiger charge is 2.37. The van der Waals surface area contributed by atoms with Gasteiger partial charge in [0.15, 0.2) is 0 Å². The van der Waals surface area contributed by atoms with E-state index in [0.29, 0.717) is 30.8 Å². The predicted molar refractivity (Wildman–Crippen MR) is 309 cm³/mol. The van der Waals surface area contributed by atoms with E-state index in [1.54, 1.807) is 27.2 Å². The molecule has 0 radical (unpaired) electrons. The second-order valence-electron chi connectivity index (χ2n) is 21.9. The third-order valence-corrected chi connectivity index (χ3v) is 16.0. The lowest BCUT2D eigenvalue weighted by Crippen LogP contribution is -2.54. The molecule has 2 aliphatic rings. The molecule has 2 aliphatic heterocycles. The Morgan fingerprint density at radius 3 is 1.58 bits per heavy atom. The largest absolute Gasteiger partial charge is 0.350 e. The molecule has 414 valence electrons. The molecule has 0 spiro atoms. The van der Waals surface area contributed by atoms with E-state index in [9.17, 15) is 24.0 Å². The molecular formula is C62H76N12O5. The van der Waals surface area contributed by atoms with Crippen molar-refractivity contribution in [3.63, 3.8) is 0 Å². The summed E-state index contributed by atoms with van der Waals surface area (Å²) in [4.78, 5) is 80.9. The van der Waals surface area contributed by atoms with Gasteiger partial charge in [-0.2, -0.15) is 0 Å². The summed E-state index contributed by atoms with van der Waals surface area (Å²) in [6.45, 7) is 14.8. The van der Waals surface area contributed by atoms with Crippen LogP contribution in [0.3, 0.4) is 0 Å². The van der Waals surface area contributed by atoms with E-state index in [1.807, 2.05) is 134 Å². The first-order chi connectivity index (χ1) is 38.1. The van der Waals surface area contributed by atoms with Crippen molar-refractivity contribution in [2.45, 2.75) is 117 Å². The fourth-order valence-electron chi connectivity index (χ4n) is 11.0. The number of hydrogen-bond acceptors (Lipinski definition) is 10. The number of rotatable bonds is 21. The molecule has 6 heterocycles. The van der Waals surface area contributed by atoms with Crippen molar-refractivity contribution in [1.29, 1.82) is 0 Å². The third-order valence-electron chi connectivity index (χ3n) is 16.0. The molecule has 7 aromatic rings. The number of benzene rings is 3. The van der Waals surface area contributed by atoms with Gasteiger partial charge in [0.05, 0.1) is 52.9 Å². The predicted octanol–water partition coefficient (Wildman–Crippen LogP) is 7.52. The van der Waals surface area contributed by atoms with Gasteiger partial charge in [0, 0.05) is 84.9 Å². The topological polar surface area (TPSA) is 200 Å². The summed E-state index contributed by atoms with van der Waals surface area (Å²) in [5, 5.41) is 20.1. The minimum absolute atomic E-state index is 0.00603.